The molecule has 0 aliphatic carbocycles. The van der Waals surface area contributed by atoms with Crippen molar-refractivity contribution in [3.8, 4) is 11.3 Å². The van der Waals surface area contributed by atoms with Crippen molar-refractivity contribution in [3.05, 3.63) is 29.8 Å². The molecule has 0 saturated heterocycles. The first-order valence-corrected chi connectivity index (χ1v) is 8.93. The Hall–Kier alpha value is -3.14. The summed E-state index contributed by atoms with van der Waals surface area (Å²) in [6, 6.07) is 5.48. The van der Waals surface area contributed by atoms with Gasteiger partial charge in [0, 0.05) is 11.8 Å². The Kier molecular flexibility index (Phi) is 5.00. The molecule has 9 nitrogen and oxygen atoms in total. The van der Waals surface area contributed by atoms with Crippen molar-refractivity contribution in [2.24, 2.45) is 0 Å². The largest absolute Gasteiger partial charge is 0.453 e. The van der Waals surface area contributed by atoms with E-state index in [0.29, 0.717) is 16.3 Å². The molecule has 3 aromatic rings. The van der Waals surface area contributed by atoms with Gasteiger partial charge in [0.05, 0.1) is 12.6 Å². The number of anilines is 2. The molecule has 0 unspecified atom stereocenters. The topological polar surface area (TPSA) is 107 Å². The summed E-state index contributed by atoms with van der Waals surface area (Å²) in [5, 5.41) is 11.8. The Balaban J connectivity index is 1.98. The Labute approximate surface area is 159 Å². The number of methoxy groups -OCH3 is 1. The average Bonchev–Trinajstić information content (AvgIpc) is 3.21. The summed E-state index contributed by atoms with van der Waals surface area (Å²) >= 11 is 1.34. The van der Waals surface area contributed by atoms with E-state index in [1.165, 1.54) is 18.4 Å². The second-order valence-corrected chi connectivity index (χ2v) is 7.45. The highest BCUT2D eigenvalue weighted by Crippen LogP contribution is 2.35. The Morgan fingerprint density at radius 1 is 1.19 bits per heavy atom. The first-order valence-electron chi connectivity index (χ1n) is 8.05. The van der Waals surface area contributed by atoms with Crippen LogP contribution in [0.4, 0.5) is 20.5 Å². The van der Waals surface area contributed by atoms with Crippen LogP contribution in [-0.2, 0) is 9.47 Å². The number of ether oxygens (including phenoxy) is 2. The molecule has 0 atom stereocenters. The molecule has 2 amide bonds. The lowest BCUT2D eigenvalue weighted by Crippen LogP contribution is -2.27. The molecular weight excluding hydrogens is 370 g/mol. The van der Waals surface area contributed by atoms with Crippen molar-refractivity contribution >= 4 is 40.0 Å². The van der Waals surface area contributed by atoms with Crippen LogP contribution in [-0.4, -0.2) is 39.5 Å². The fourth-order valence-electron chi connectivity index (χ4n) is 2.32. The number of nitrogens with one attached hydrogen (secondary N) is 2. The van der Waals surface area contributed by atoms with E-state index >= 15 is 0 Å². The van der Waals surface area contributed by atoms with Gasteiger partial charge < -0.3 is 9.47 Å². The van der Waals surface area contributed by atoms with Gasteiger partial charge in [-0.25, -0.2) is 19.1 Å². The monoisotopic (exact) mass is 389 g/mol. The Bertz CT molecular complexity index is 989. The lowest BCUT2D eigenvalue weighted by atomic mass is 10.2. The van der Waals surface area contributed by atoms with E-state index in [1.807, 2.05) is 23.6 Å². The van der Waals surface area contributed by atoms with Gasteiger partial charge in [-0.3, -0.25) is 10.6 Å². The fraction of sp³-hybridized carbons (Fsp3) is 0.294. The molecule has 0 radical (unpaired) electrons. The first kappa shape index (κ1) is 18.6. The molecule has 0 aliphatic heterocycles. The van der Waals surface area contributed by atoms with E-state index in [9.17, 15) is 9.59 Å². The van der Waals surface area contributed by atoms with Gasteiger partial charge in [-0.2, -0.15) is 0 Å². The molecule has 3 rings (SSSR count). The molecule has 0 saturated carbocycles. The molecule has 10 heteroatoms. The van der Waals surface area contributed by atoms with Crippen molar-refractivity contribution in [2.75, 3.05) is 17.7 Å². The van der Waals surface area contributed by atoms with Gasteiger partial charge in [0.15, 0.2) is 0 Å². The molecule has 3 aromatic heterocycles. The Morgan fingerprint density at radius 2 is 1.96 bits per heavy atom. The van der Waals surface area contributed by atoms with E-state index in [-0.39, 0.29) is 5.95 Å². The molecule has 2 N–H and O–H groups in total. The van der Waals surface area contributed by atoms with Crippen molar-refractivity contribution in [2.45, 2.75) is 26.4 Å². The average molecular weight is 389 g/mol. The maximum atomic E-state index is 12.1. The number of rotatable bonds is 3. The predicted octanol–water partition coefficient (Wildman–Crippen LogP) is 3.98. The zero-order valence-corrected chi connectivity index (χ0v) is 16.1. The van der Waals surface area contributed by atoms with Crippen molar-refractivity contribution in [1.29, 1.82) is 0 Å². The summed E-state index contributed by atoms with van der Waals surface area (Å²) in [5.41, 5.74) is 1.35. The van der Waals surface area contributed by atoms with Gasteiger partial charge >= 0.3 is 12.2 Å². The van der Waals surface area contributed by atoms with Crippen LogP contribution in [0.3, 0.4) is 0 Å². The maximum absolute atomic E-state index is 12.1. The lowest BCUT2D eigenvalue weighted by Gasteiger charge is -2.19. The van der Waals surface area contributed by atoms with E-state index in [2.05, 4.69) is 25.5 Å². The third-order valence-electron chi connectivity index (χ3n) is 3.33. The van der Waals surface area contributed by atoms with Crippen LogP contribution in [0.2, 0.25) is 0 Å². The highest BCUT2D eigenvalue weighted by Gasteiger charge is 2.20. The fourth-order valence-corrected chi connectivity index (χ4v) is 3.09. The van der Waals surface area contributed by atoms with Crippen LogP contribution in [0.15, 0.2) is 29.8 Å². The zero-order chi connectivity index (χ0) is 19.6. The summed E-state index contributed by atoms with van der Waals surface area (Å²) in [7, 11) is 1.26. The van der Waals surface area contributed by atoms with Crippen LogP contribution in [0.25, 0.3) is 16.8 Å². The molecule has 0 spiro atoms. The summed E-state index contributed by atoms with van der Waals surface area (Å²) < 4.78 is 11.5. The molecule has 0 aliphatic rings. The van der Waals surface area contributed by atoms with Gasteiger partial charge in [-0.05, 0) is 44.4 Å². The molecule has 0 bridgehead atoms. The molecule has 3 heterocycles. The zero-order valence-electron chi connectivity index (χ0n) is 15.3. The summed E-state index contributed by atoms with van der Waals surface area (Å²) in [5.74, 6) is 0.0787. The van der Waals surface area contributed by atoms with E-state index < -0.39 is 17.8 Å². The summed E-state index contributed by atoms with van der Waals surface area (Å²) in [4.78, 5) is 28.1. The molecular formula is C17H19N5O4S. The number of carbonyl (C=O) groups excluding carboxylic acids is 2. The molecule has 27 heavy (non-hydrogen) atoms. The van der Waals surface area contributed by atoms with E-state index in [1.54, 1.807) is 31.5 Å². The SMILES string of the molecule is COC(=O)Nc1nc(-c2ccsc2NC(=O)OC(C)(C)C)c2cccn2n1. The van der Waals surface area contributed by atoms with Crippen LogP contribution in [0, 0.1) is 0 Å². The smallest absolute Gasteiger partial charge is 0.413 e. The summed E-state index contributed by atoms with van der Waals surface area (Å²) in [6.45, 7) is 5.38. The second kappa shape index (κ2) is 7.23. The number of hydrogen-bond acceptors (Lipinski definition) is 7. The number of fused-ring (bicyclic) bond motifs is 1. The number of thiophene rings is 1. The highest BCUT2D eigenvalue weighted by molar-refractivity contribution is 7.15. The van der Waals surface area contributed by atoms with Gasteiger partial charge in [0.2, 0.25) is 0 Å². The van der Waals surface area contributed by atoms with E-state index in [4.69, 9.17) is 4.74 Å². The number of hydrogen-bond donors (Lipinski definition) is 2. The third kappa shape index (κ3) is 4.34. The maximum Gasteiger partial charge on any atom is 0.413 e. The number of carbonyl (C=O) groups is 2. The quantitative estimate of drug-likeness (QED) is 0.702. The van der Waals surface area contributed by atoms with Crippen LogP contribution in [0.1, 0.15) is 20.8 Å². The number of aromatic nitrogens is 3. The standard InChI is InChI=1S/C17H19N5O4S/c1-17(2,3)26-16(24)19-13-10(7-9-27-13)12-11-6-5-8-22(11)21-14(18-12)20-15(23)25-4/h5-9H,1-4H3,(H,19,24)(H,20,21,23). The highest BCUT2D eigenvalue weighted by atomic mass is 32.1. The summed E-state index contributed by atoms with van der Waals surface area (Å²) in [6.07, 6.45) is 0.500. The van der Waals surface area contributed by atoms with Gasteiger partial charge in [-0.1, -0.05) is 0 Å². The van der Waals surface area contributed by atoms with Crippen LogP contribution in [0.5, 0.6) is 0 Å². The number of amides is 2. The minimum Gasteiger partial charge on any atom is -0.453 e. The normalized spacial score (nSPS) is 11.3. The minimum atomic E-state index is -0.676. The van der Waals surface area contributed by atoms with Crippen molar-refractivity contribution in [3.63, 3.8) is 0 Å². The number of nitrogens with zero attached hydrogens (tertiary/aromatic N) is 3. The van der Waals surface area contributed by atoms with Crippen molar-refractivity contribution in [1.82, 2.24) is 14.6 Å². The molecule has 0 aromatic carbocycles. The predicted molar refractivity (Wildman–Crippen MR) is 102 cm³/mol. The van der Waals surface area contributed by atoms with Crippen LogP contribution >= 0.6 is 11.3 Å². The third-order valence-corrected chi connectivity index (χ3v) is 4.15. The Morgan fingerprint density at radius 3 is 2.67 bits per heavy atom. The van der Waals surface area contributed by atoms with Crippen molar-refractivity contribution < 1.29 is 19.1 Å². The first-order chi connectivity index (χ1) is 12.8. The van der Waals surface area contributed by atoms with Gasteiger partial charge in [0.1, 0.15) is 16.3 Å². The van der Waals surface area contributed by atoms with Gasteiger partial charge in [-0.15, -0.1) is 16.4 Å². The van der Waals surface area contributed by atoms with Crippen LogP contribution < -0.4 is 10.6 Å². The minimum absolute atomic E-state index is 0.0787. The lowest BCUT2D eigenvalue weighted by molar-refractivity contribution is 0.0636. The van der Waals surface area contributed by atoms with Gasteiger partial charge in [0.25, 0.3) is 5.95 Å². The molecule has 142 valence electrons. The second-order valence-electron chi connectivity index (χ2n) is 6.53. The van der Waals surface area contributed by atoms with E-state index in [0.717, 1.165) is 5.52 Å². The molecule has 0 fully saturated rings.